The second-order valence-electron chi connectivity index (χ2n) is 3.84. The summed E-state index contributed by atoms with van der Waals surface area (Å²) in [6, 6.07) is 5.24. The molecule has 0 atom stereocenters. The minimum absolute atomic E-state index is 0.0481. The first-order valence-corrected chi connectivity index (χ1v) is 5.58. The molecule has 0 saturated heterocycles. The first-order valence-electron chi connectivity index (χ1n) is 5.20. The number of halogens is 1. The Kier molecular flexibility index (Phi) is 2.98. The lowest BCUT2D eigenvalue weighted by Gasteiger charge is -2.05. The molecule has 0 aliphatic carbocycles. The van der Waals surface area contributed by atoms with Gasteiger partial charge in [-0.25, -0.2) is 9.67 Å². The van der Waals surface area contributed by atoms with Crippen LogP contribution in [-0.4, -0.2) is 20.5 Å². The predicted octanol–water partition coefficient (Wildman–Crippen LogP) is 2.74. The zero-order valence-corrected chi connectivity index (χ0v) is 10.6. The number of aromatic nitrogens is 3. The maximum Gasteiger partial charge on any atom is 0.161 e. The van der Waals surface area contributed by atoms with Gasteiger partial charge in [0.25, 0.3) is 0 Å². The molecule has 2 rings (SSSR count). The van der Waals surface area contributed by atoms with Gasteiger partial charge >= 0.3 is 0 Å². The van der Waals surface area contributed by atoms with E-state index in [2.05, 4.69) is 10.1 Å². The molecule has 17 heavy (non-hydrogen) atoms. The van der Waals surface area contributed by atoms with E-state index in [-0.39, 0.29) is 5.78 Å². The van der Waals surface area contributed by atoms with Gasteiger partial charge in [-0.15, -0.1) is 0 Å². The van der Waals surface area contributed by atoms with Crippen molar-refractivity contribution in [3.05, 3.63) is 40.4 Å². The van der Waals surface area contributed by atoms with E-state index < -0.39 is 0 Å². The van der Waals surface area contributed by atoms with Crippen molar-refractivity contribution in [2.45, 2.75) is 20.8 Å². The minimum Gasteiger partial charge on any atom is -0.294 e. The Labute approximate surface area is 104 Å². The van der Waals surface area contributed by atoms with Gasteiger partial charge in [0, 0.05) is 5.56 Å². The Hall–Kier alpha value is -1.68. The third kappa shape index (κ3) is 2.22. The number of benzene rings is 1. The number of rotatable bonds is 2. The van der Waals surface area contributed by atoms with Crippen molar-refractivity contribution in [2.24, 2.45) is 0 Å². The Morgan fingerprint density at radius 2 is 2.06 bits per heavy atom. The molecule has 0 saturated carbocycles. The molecule has 1 aromatic heterocycles. The van der Waals surface area contributed by atoms with Crippen LogP contribution in [0, 0.1) is 13.8 Å². The van der Waals surface area contributed by atoms with E-state index in [0.717, 1.165) is 11.5 Å². The second kappa shape index (κ2) is 4.30. The van der Waals surface area contributed by atoms with Crippen molar-refractivity contribution in [1.29, 1.82) is 0 Å². The van der Waals surface area contributed by atoms with E-state index in [9.17, 15) is 4.79 Å². The summed E-state index contributed by atoms with van der Waals surface area (Å²) in [5, 5.41) is 4.69. The molecule has 0 aliphatic rings. The van der Waals surface area contributed by atoms with E-state index in [1.165, 1.54) is 6.92 Å². The predicted molar refractivity (Wildman–Crippen MR) is 65.8 cm³/mol. The Bertz CT molecular complexity index is 589. The van der Waals surface area contributed by atoms with Crippen molar-refractivity contribution in [1.82, 2.24) is 14.8 Å². The van der Waals surface area contributed by atoms with Crippen LogP contribution in [0.1, 0.15) is 28.9 Å². The summed E-state index contributed by atoms with van der Waals surface area (Å²) < 4.78 is 1.70. The molecule has 0 fully saturated rings. The van der Waals surface area contributed by atoms with Crippen molar-refractivity contribution in [3.8, 4) is 5.69 Å². The monoisotopic (exact) mass is 249 g/mol. The third-order valence-electron chi connectivity index (χ3n) is 2.45. The van der Waals surface area contributed by atoms with Gasteiger partial charge in [0.2, 0.25) is 0 Å². The number of aryl methyl sites for hydroxylation is 2. The molecule has 1 heterocycles. The highest BCUT2D eigenvalue weighted by Crippen LogP contribution is 2.21. The zero-order chi connectivity index (χ0) is 12.6. The fraction of sp³-hybridized carbons (Fsp3) is 0.250. The van der Waals surface area contributed by atoms with Gasteiger partial charge in [-0.2, -0.15) is 5.10 Å². The maximum atomic E-state index is 11.3. The van der Waals surface area contributed by atoms with Crippen LogP contribution in [0.15, 0.2) is 18.2 Å². The molecule has 5 heteroatoms. The first kappa shape index (κ1) is 11.8. The second-order valence-corrected chi connectivity index (χ2v) is 4.25. The molecule has 0 amide bonds. The fourth-order valence-corrected chi connectivity index (χ4v) is 1.99. The summed E-state index contributed by atoms with van der Waals surface area (Å²) in [4.78, 5) is 15.5. The molecule has 0 bridgehead atoms. The fourth-order valence-electron chi connectivity index (χ4n) is 1.69. The van der Waals surface area contributed by atoms with Crippen molar-refractivity contribution in [2.75, 3.05) is 0 Å². The first-order chi connectivity index (χ1) is 7.99. The topological polar surface area (TPSA) is 47.8 Å². The van der Waals surface area contributed by atoms with E-state index in [1.807, 2.05) is 19.9 Å². The largest absolute Gasteiger partial charge is 0.294 e. The van der Waals surface area contributed by atoms with Crippen LogP contribution in [0.3, 0.4) is 0 Å². The molecule has 0 radical (unpaired) electrons. The van der Waals surface area contributed by atoms with E-state index in [0.29, 0.717) is 16.4 Å². The van der Waals surface area contributed by atoms with Crippen LogP contribution >= 0.6 is 11.6 Å². The average Bonchev–Trinajstić information content (AvgIpc) is 2.57. The number of hydrogen-bond donors (Lipinski definition) is 0. The standard InChI is InChI=1S/C12H12ClN3O/c1-7(17)11-5-4-10(6-12(11)13)16-9(3)14-8(2)15-16/h4-6H,1-3H3. The lowest BCUT2D eigenvalue weighted by molar-refractivity contribution is 0.101. The average molecular weight is 250 g/mol. The molecule has 2 aromatic rings. The molecule has 88 valence electrons. The molecule has 0 spiro atoms. The normalized spacial score (nSPS) is 10.6. The Morgan fingerprint density at radius 1 is 1.35 bits per heavy atom. The van der Waals surface area contributed by atoms with E-state index in [4.69, 9.17) is 11.6 Å². The van der Waals surface area contributed by atoms with E-state index in [1.54, 1.807) is 16.8 Å². The number of ketones is 1. The molecule has 0 unspecified atom stereocenters. The summed E-state index contributed by atoms with van der Waals surface area (Å²) in [5.41, 5.74) is 1.32. The smallest absolute Gasteiger partial charge is 0.161 e. The van der Waals surface area contributed by atoms with Crippen LogP contribution < -0.4 is 0 Å². The molecule has 4 nitrogen and oxygen atoms in total. The van der Waals surface area contributed by atoms with Crippen LogP contribution in [0.5, 0.6) is 0 Å². The number of nitrogens with zero attached hydrogens (tertiary/aromatic N) is 3. The number of hydrogen-bond acceptors (Lipinski definition) is 3. The van der Waals surface area contributed by atoms with Gasteiger partial charge in [0.05, 0.1) is 10.7 Å². The van der Waals surface area contributed by atoms with Crippen molar-refractivity contribution < 1.29 is 4.79 Å². The van der Waals surface area contributed by atoms with Crippen molar-refractivity contribution in [3.63, 3.8) is 0 Å². The molecule has 1 aromatic carbocycles. The maximum absolute atomic E-state index is 11.3. The van der Waals surface area contributed by atoms with Gasteiger partial charge in [0.1, 0.15) is 11.6 Å². The highest BCUT2D eigenvalue weighted by Gasteiger charge is 2.09. The number of carbonyl (C=O) groups excluding carboxylic acids is 1. The van der Waals surface area contributed by atoms with Crippen molar-refractivity contribution >= 4 is 17.4 Å². The van der Waals surface area contributed by atoms with Crippen LogP contribution in [0.2, 0.25) is 5.02 Å². The van der Waals surface area contributed by atoms with Gasteiger partial charge in [-0.3, -0.25) is 4.79 Å². The lowest BCUT2D eigenvalue weighted by atomic mass is 10.1. The third-order valence-corrected chi connectivity index (χ3v) is 2.76. The van der Waals surface area contributed by atoms with Gasteiger partial charge in [-0.05, 0) is 39.0 Å². The SMILES string of the molecule is CC(=O)c1ccc(-n2nc(C)nc2C)cc1Cl. The van der Waals surface area contributed by atoms with Gasteiger partial charge in [-0.1, -0.05) is 11.6 Å². The summed E-state index contributed by atoms with van der Waals surface area (Å²) in [5.74, 6) is 1.44. The highest BCUT2D eigenvalue weighted by molar-refractivity contribution is 6.34. The summed E-state index contributed by atoms with van der Waals surface area (Å²) >= 11 is 6.05. The Morgan fingerprint density at radius 3 is 2.53 bits per heavy atom. The summed E-state index contributed by atoms with van der Waals surface area (Å²) in [7, 11) is 0. The quantitative estimate of drug-likeness (QED) is 0.769. The molecule has 0 aliphatic heterocycles. The van der Waals surface area contributed by atoms with Gasteiger partial charge in [0.15, 0.2) is 5.78 Å². The van der Waals surface area contributed by atoms with Crippen LogP contribution in [0.25, 0.3) is 5.69 Å². The molecular formula is C12H12ClN3O. The molecule has 0 N–H and O–H groups in total. The van der Waals surface area contributed by atoms with Crippen LogP contribution in [-0.2, 0) is 0 Å². The zero-order valence-electron chi connectivity index (χ0n) is 9.86. The highest BCUT2D eigenvalue weighted by atomic mass is 35.5. The van der Waals surface area contributed by atoms with E-state index >= 15 is 0 Å². The summed E-state index contributed by atoms with van der Waals surface area (Å²) in [6.45, 7) is 5.19. The lowest BCUT2D eigenvalue weighted by Crippen LogP contribution is -2.01. The van der Waals surface area contributed by atoms with Crippen LogP contribution in [0.4, 0.5) is 0 Å². The molecular weight excluding hydrogens is 238 g/mol. The van der Waals surface area contributed by atoms with Gasteiger partial charge < -0.3 is 0 Å². The summed E-state index contributed by atoms with van der Waals surface area (Å²) in [6.07, 6.45) is 0. The number of carbonyl (C=O) groups is 1. The number of Topliss-reactive ketones (excluding diaryl/α,β-unsaturated/α-hetero) is 1. The Balaban J connectivity index is 2.51. The minimum atomic E-state index is -0.0481.